The lowest BCUT2D eigenvalue weighted by Gasteiger charge is -2.23. The van der Waals surface area contributed by atoms with Crippen molar-refractivity contribution < 1.29 is 19.0 Å². The maximum absolute atomic E-state index is 12.6. The molecule has 0 atom stereocenters. The van der Waals surface area contributed by atoms with E-state index < -0.39 is 5.97 Å². The number of methoxy groups -OCH3 is 1. The van der Waals surface area contributed by atoms with E-state index >= 15 is 0 Å². The predicted octanol–water partition coefficient (Wildman–Crippen LogP) is 4.62. The number of carbonyl (C=O) groups excluding carboxylic acids is 1. The molecule has 5 rings (SSSR count). The van der Waals surface area contributed by atoms with Crippen LogP contribution in [0.4, 0.5) is 17.2 Å². The number of hydrogen-bond acceptors (Lipinski definition) is 8. The molecule has 0 bridgehead atoms. The van der Waals surface area contributed by atoms with Crippen molar-refractivity contribution in [2.75, 3.05) is 37.6 Å². The largest absolute Gasteiger partial charge is 0.497 e. The summed E-state index contributed by atoms with van der Waals surface area (Å²) in [6.07, 6.45) is 3.48. The van der Waals surface area contributed by atoms with Crippen molar-refractivity contribution >= 4 is 28.8 Å². The zero-order valence-corrected chi connectivity index (χ0v) is 20.7. The summed E-state index contributed by atoms with van der Waals surface area (Å²) in [6.45, 7) is 3.34. The van der Waals surface area contributed by atoms with Gasteiger partial charge in [0.05, 0.1) is 37.9 Å². The van der Waals surface area contributed by atoms with Gasteiger partial charge in [-0.15, -0.1) is 5.10 Å². The molecule has 0 amide bonds. The van der Waals surface area contributed by atoms with Gasteiger partial charge < -0.3 is 24.4 Å². The molecule has 1 N–H and O–H groups in total. The van der Waals surface area contributed by atoms with E-state index in [2.05, 4.69) is 21.3 Å². The Kier molecular flexibility index (Phi) is 6.62. The Bertz CT molecular complexity index is 1380. The number of fused-ring (bicyclic) bond motifs is 2. The summed E-state index contributed by atoms with van der Waals surface area (Å²) in [6, 6.07) is 15.9. The molecule has 9 nitrogen and oxygen atoms in total. The molecule has 0 fully saturated rings. The molecular weight excluding hydrogens is 458 g/mol. The third kappa shape index (κ3) is 4.64. The highest BCUT2D eigenvalue weighted by Gasteiger charge is 2.21. The monoisotopic (exact) mass is 487 g/mol. The van der Waals surface area contributed by atoms with E-state index in [1.54, 1.807) is 14.0 Å². The van der Waals surface area contributed by atoms with Gasteiger partial charge in [0.2, 0.25) is 0 Å². The zero-order chi connectivity index (χ0) is 25.1. The van der Waals surface area contributed by atoms with Crippen molar-refractivity contribution in [2.45, 2.75) is 26.3 Å². The smallest absolute Gasteiger partial charge is 0.358 e. The van der Waals surface area contributed by atoms with Crippen molar-refractivity contribution in [2.24, 2.45) is 0 Å². The van der Waals surface area contributed by atoms with Gasteiger partial charge in [-0.3, -0.25) is 0 Å². The number of carbonyl (C=O) groups is 1. The summed E-state index contributed by atoms with van der Waals surface area (Å²) >= 11 is 0. The number of para-hydroxylation sites is 1. The zero-order valence-electron chi connectivity index (χ0n) is 20.7. The number of nitrogens with one attached hydrogen (secondary N) is 1. The molecule has 0 saturated heterocycles. The summed E-state index contributed by atoms with van der Waals surface area (Å²) in [5, 5.41) is 8.11. The Morgan fingerprint density at radius 2 is 2.06 bits per heavy atom. The number of esters is 1. The standard InChI is InChI=1S/C27H29N5O4/c1-4-35-27(33)23-16-28-26-22(31(2)17-18-10-12-20(34-3)13-11-18)15-24(30-32(23)26)29-21-9-5-7-19-8-6-14-36-25(19)21/h5,7,9-13,15-16H,4,6,8,14,17H2,1-3H3,(H,29,30). The summed E-state index contributed by atoms with van der Waals surface area (Å²) in [4.78, 5) is 19.2. The average Bonchev–Trinajstić information content (AvgIpc) is 3.33. The highest BCUT2D eigenvalue weighted by Crippen LogP contribution is 2.35. The maximum Gasteiger partial charge on any atom is 0.358 e. The first-order valence-corrected chi connectivity index (χ1v) is 12.0. The minimum Gasteiger partial charge on any atom is -0.497 e. The minimum atomic E-state index is -0.473. The molecule has 0 radical (unpaired) electrons. The molecule has 0 spiro atoms. The summed E-state index contributed by atoms with van der Waals surface area (Å²) in [5.74, 6) is 1.74. The van der Waals surface area contributed by atoms with Crippen LogP contribution in [0.3, 0.4) is 0 Å². The van der Waals surface area contributed by atoms with Crippen LogP contribution in [0, 0.1) is 0 Å². The fourth-order valence-corrected chi connectivity index (χ4v) is 4.35. The molecule has 1 aliphatic rings. The van der Waals surface area contributed by atoms with Gasteiger partial charge in [0.1, 0.15) is 11.5 Å². The Morgan fingerprint density at radius 1 is 1.22 bits per heavy atom. The van der Waals surface area contributed by atoms with Gasteiger partial charge in [-0.2, -0.15) is 0 Å². The maximum atomic E-state index is 12.6. The fraction of sp³-hybridized carbons (Fsp3) is 0.296. The fourth-order valence-electron chi connectivity index (χ4n) is 4.35. The van der Waals surface area contributed by atoms with Crippen LogP contribution in [0.5, 0.6) is 11.5 Å². The van der Waals surface area contributed by atoms with Gasteiger partial charge in [0, 0.05) is 19.7 Å². The summed E-state index contributed by atoms with van der Waals surface area (Å²) in [5.41, 5.74) is 4.74. The van der Waals surface area contributed by atoms with Crippen molar-refractivity contribution in [1.82, 2.24) is 14.6 Å². The molecule has 2 aromatic carbocycles. The highest BCUT2D eigenvalue weighted by molar-refractivity contribution is 5.89. The first kappa shape index (κ1) is 23.5. The van der Waals surface area contributed by atoms with Crippen molar-refractivity contribution in [3.8, 4) is 11.5 Å². The number of hydrogen-bond donors (Lipinski definition) is 1. The first-order valence-electron chi connectivity index (χ1n) is 12.0. The van der Waals surface area contributed by atoms with E-state index in [9.17, 15) is 4.79 Å². The third-order valence-electron chi connectivity index (χ3n) is 6.12. The van der Waals surface area contributed by atoms with Gasteiger partial charge in [-0.25, -0.2) is 14.3 Å². The van der Waals surface area contributed by atoms with Crippen LogP contribution in [0.25, 0.3) is 5.65 Å². The minimum absolute atomic E-state index is 0.265. The number of aromatic nitrogens is 3. The van der Waals surface area contributed by atoms with Crippen LogP contribution >= 0.6 is 0 Å². The molecule has 186 valence electrons. The van der Waals surface area contributed by atoms with Crippen LogP contribution in [0.2, 0.25) is 0 Å². The number of imidazole rings is 1. The number of aryl methyl sites for hydroxylation is 1. The lowest BCUT2D eigenvalue weighted by atomic mass is 10.1. The molecule has 1 aliphatic heterocycles. The van der Waals surface area contributed by atoms with Crippen LogP contribution in [-0.2, 0) is 17.7 Å². The van der Waals surface area contributed by atoms with Crippen molar-refractivity contribution in [3.05, 3.63) is 71.5 Å². The second-order valence-corrected chi connectivity index (χ2v) is 8.59. The number of anilines is 3. The van der Waals surface area contributed by atoms with Crippen molar-refractivity contribution in [3.63, 3.8) is 0 Å². The Labute approximate surface area is 209 Å². The molecule has 0 aliphatic carbocycles. The second kappa shape index (κ2) is 10.2. The summed E-state index contributed by atoms with van der Waals surface area (Å²) < 4.78 is 18.0. The SMILES string of the molecule is CCOC(=O)c1cnc2c(N(C)Cc3ccc(OC)cc3)cc(Nc3cccc4c3OCCC4)nn12. The topological polar surface area (TPSA) is 90.2 Å². The quantitative estimate of drug-likeness (QED) is 0.360. The second-order valence-electron chi connectivity index (χ2n) is 8.59. The van der Waals surface area contributed by atoms with E-state index in [0.717, 1.165) is 41.3 Å². The molecular formula is C27H29N5O4. The van der Waals surface area contributed by atoms with Gasteiger partial charge >= 0.3 is 5.97 Å². The molecule has 4 aromatic rings. The van der Waals surface area contributed by atoms with Crippen LogP contribution < -0.4 is 19.7 Å². The molecule has 0 unspecified atom stereocenters. The number of nitrogens with zero attached hydrogens (tertiary/aromatic N) is 4. The highest BCUT2D eigenvalue weighted by atomic mass is 16.5. The number of benzene rings is 2. The third-order valence-corrected chi connectivity index (χ3v) is 6.12. The number of ether oxygens (including phenoxy) is 3. The van der Waals surface area contributed by atoms with Gasteiger partial charge in [0.25, 0.3) is 0 Å². The van der Waals surface area contributed by atoms with Gasteiger partial charge in [-0.05, 0) is 49.1 Å². The van der Waals surface area contributed by atoms with Crippen LogP contribution in [0.15, 0.2) is 54.7 Å². The average molecular weight is 488 g/mol. The van der Waals surface area contributed by atoms with E-state index in [0.29, 0.717) is 24.6 Å². The molecule has 3 heterocycles. The van der Waals surface area contributed by atoms with Crippen molar-refractivity contribution in [1.29, 1.82) is 0 Å². The molecule has 0 saturated carbocycles. The molecule has 36 heavy (non-hydrogen) atoms. The lowest BCUT2D eigenvalue weighted by molar-refractivity contribution is 0.0517. The van der Waals surface area contributed by atoms with Crippen LogP contribution in [0.1, 0.15) is 35.0 Å². The van der Waals surface area contributed by atoms with E-state index in [4.69, 9.17) is 19.3 Å². The van der Waals surface area contributed by atoms with Gasteiger partial charge in [0.15, 0.2) is 17.2 Å². The molecule has 9 heteroatoms. The Morgan fingerprint density at radius 3 is 2.83 bits per heavy atom. The van der Waals surface area contributed by atoms with E-state index in [1.165, 1.54) is 16.3 Å². The Balaban J connectivity index is 1.55. The molecule has 2 aromatic heterocycles. The number of rotatable bonds is 8. The van der Waals surface area contributed by atoms with Crippen LogP contribution in [-0.4, -0.2) is 47.9 Å². The van der Waals surface area contributed by atoms with Gasteiger partial charge in [-0.1, -0.05) is 24.3 Å². The Hall–Kier alpha value is -4.27. The lowest BCUT2D eigenvalue weighted by Crippen LogP contribution is -2.19. The van der Waals surface area contributed by atoms with E-state index in [-0.39, 0.29) is 12.3 Å². The normalized spacial score (nSPS) is 12.5. The first-order chi connectivity index (χ1) is 17.6. The van der Waals surface area contributed by atoms with E-state index in [1.807, 2.05) is 49.5 Å². The predicted molar refractivity (Wildman–Crippen MR) is 138 cm³/mol. The summed E-state index contributed by atoms with van der Waals surface area (Å²) in [7, 11) is 3.63.